The van der Waals surface area contributed by atoms with E-state index in [1.54, 1.807) is 7.11 Å². The van der Waals surface area contributed by atoms with E-state index in [1.165, 1.54) is 0 Å². The molecule has 0 amide bonds. The minimum atomic E-state index is 0. The summed E-state index contributed by atoms with van der Waals surface area (Å²) in [7, 11) is 1.64. The molecule has 0 spiro atoms. The van der Waals surface area contributed by atoms with Crippen molar-refractivity contribution in [3.63, 3.8) is 0 Å². The third-order valence-electron chi connectivity index (χ3n) is 1.88. The Morgan fingerprint density at radius 1 is 0.905 bits per heavy atom. The second kappa shape index (κ2) is 20.8. The summed E-state index contributed by atoms with van der Waals surface area (Å²) >= 11 is 0. The first kappa shape index (κ1) is 24.5. The molecule has 1 aliphatic carbocycles. The smallest absolute Gasteiger partial charge is 0.497 e. The van der Waals surface area contributed by atoms with E-state index in [9.17, 15) is 0 Å². The SMILES string of the molecule is [C-]#[O+].[C-]#[O+].[CH2-]C#Cc1ccc(OC)cc1.[CH]1[CH][CH][CH][CH]1.[Fe+2]. The number of methoxy groups -OCH3 is 1. The molecule has 4 heteroatoms. The van der Waals surface area contributed by atoms with E-state index in [0.29, 0.717) is 0 Å². The fraction of sp³-hybridized carbons (Fsp3) is 0.0588. The van der Waals surface area contributed by atoms with Crippen molar-refractivity contribution in [3.05, 3.63) is 82.2 Å². The van der Waals surface area contributed by atoms with E-state index in [1.807, 2.05) is 56.4 Å². The minimum absolute atomic E-state index is 0. The summed E-state index contributed by atoms with van der Waals surface area (Å²) in [6.07, 6.45) is 10.0. The van der Waals surface area contributed by atoms with Gasteiger partial charge in [0.15, 0.2) is 0 Å². The van der Waals surface area contributed by atoms with Crippen LogP contribution in [0, 0.1) is 64.2 Å². The van der Waals surface area contributed by atoms with E-state index in [2.05, 4.69) is 32.1 Å². The van der Waals surface area contributed by atoms with Gasteiger partial charge in [-0.2, -0.15) is 6.92 Å². The van der Waals surface area contributed by atoms with Crippen LogP contribution in [0.5, 0.6) is 5.75 Å². The van der Waals surface area contributed by atoms with Crippen molar-refractivity contribution >= 4 is 0 Å². The maximum absolute atomic E-state index is 7.50. The van der Waals surface area contributed by atoms with Gasteiger partial charge in [0.25, 0.3) is 0 Å². The Morgan fingerprint density at radius 2 is 1.29 bits per heavy atom. The summed E-state index contributed by atoms with van der Waals surface area (Å²) in [6, 6.07) is 7.55. The van der Waals surface area contributed by atoms with Gasteiger partial charge in [-0.1, -0.05) is 17.7 Å². The molecule has 1 fully saturated rings. The molecular weight excluding hydrogens is 308 g/mol. The molecule has 0 heterocycles. The van der Waals surface area contributed by atoms with E-state index in [4.69, 9.17) is 14.0 Å². The molecule has 0 aromatic heterocycles. The Balaban J connectivity index is -0.000000273. The first-order valence-electron chi connectivity index (χ1n) is 5.36. The third kappa shape index (κ3) is 14.7. The molecule has 1 aromatic rings. The molecule has 0 atom stereocenters. The van der Waals surface area contributed by atoms with Crippen molar-refractivity contribution in [2.24, 2.45) is 0 Å². The van der Waals surface area contributed by atoms with Crippen LogP contribution in [0.2, 0.25) is 0 Å². The van der Waals surface area contributed by atoms with Crippen molar-refractivity contribution in [3.8, 4) is 17.6 Å². The monoisotopic (exact) mass is 322 g/mol. The van der Waals surface area contributed by atoms with Crippen LogP contribution in [0.15, 0.2) is 24.3 Å². The molecule has 0 N–H and O–H groups in total. The Bertz CT molecular complexity index is 406. The summed E-state index contributed by atoms with van der Waals surface area (Å²) in [4.78, 5) is 0. The third-order valence-corrected chi connectivity index (χ3v) is 1.88. The van der Waals surface area contributed by atoms with E-state index < -0.39 is 0 Å². The first-order valence-corrected chi connectivity index (χ1v) is 5.36. The number of hydrogen-bond donors (Lipinski definition) is 0. The number of ether oxygens (including phenoxy) is 1. The van der Waals surface area contributed by atoms with Crippen molar-refractivity contribution in [2.75, 3.05) is 7.11 Å². The fourth-order valence-corrected chi connectivity index (χ4v) is 1.10. The van der Waals surface area contributed by atoms with Gasteiger partial charge < -0.3 is 4.74 Å². The standard InChI is InChI=1S/C10H9O.C5H5.2CO.Fe/c1-3-4-9-5-7-10(11-2)8-6-9;1-2-4-5-3-1;2*1-2;/h5-8H,1H2,2H3;1-5H;;;/q-1;;;;+2. The molecule has 21 heavy (non-hydrogen) atoms. The molecule has 0 bridgehead atoms. The molecule has 0 unspecified atom stereocenters. The molecule has 1 aliphatic rings. The summed E-state index contributed by atoms with van der Waals surface area (Å²) < 4.78 is 20.0. The van der Waals surface area contributed by atoms with Gasteiger partial charge in [-0.15, -0.1) is 0 Å². The molecule has 0 aliphatic heterocycles. The van der Waals surface area contributed by atoms with E-state index in [0.717, 1.165) is 11.3 Å². The second-order valence-corrected chi connectivity index (χ2v) is 2.99. The summed E-state index contributed by atoms with van der Waals surface area (Å²) in [5.74, 6) is 6.27. The van der Waals surface area contributed by atoms with Gasteiger partial charge in [-0.3, -0.25) is 11.8 Å². The average Bonchev–Trinajstić information content (AvgIpc) is 3.12. The van der Waals surface area contributed by atoms with Crippen LogP contribution in [0.4, 0.5) is 0 Å². The van der Waals surface area contributed by atoms with Crippen LogP contribution >= 0.6 is 0 Å². The number of benzene rings is 1. The van der Waals surface area contributed by atoms with Gasteiger partial charge in [0.2, 0.25) is 0 Å². The molecule has 1 saturated carbocycles. The van der Waals surface area contributed by atoms with Crippen molar-refractivity contribution in [1.82, 2.24) is 0 Å². The second-order valence-electron chi connectivity index (χ2n) is 2.99. The fourth-order valence-electron chi connectivity index (χ4n) is 1.10. The van der Waals surface area contributed by atoms with Gasteiger partial charge in [-0.25, -0.2) is 0 Å². The zero-order valence-corrected chi connectivity index (χ0v) is 12.6. The Labute approximate surface area is 138 Å². The van der Waals surface area contributed by atoms with Crippen LogP contribution in [-0.4, -0.2) is 7.11 Å². The minimum Gasteiger partial charge on any atom is -0.497 e. The van der Waals surface area contributed by atoms with Crippen LogP contribution in [0.1, 0.15) is 5.56 Å². The quantitative estimate of drug-likeness (QED) is 0.339. The van der Waals surface area contributed by atoms with Crippen LogP contribution in [0.3, 0.4) is 0 Å². The first-order chi connectivity index (χ1) is 9.86. The molecular formula is C17H14FeO3+. The van der Waals surface area contributed by atoms with Gasteiger partial charge in [-0.05, 0) is 44.2 Å². The maximum Gasteiger partial charge on any atom is 2.00 e. The normalized spacial score (nSPS) is 10.1. The van der Waals surface area contributed by atoms with Crippen LogP contribution in [-0.2, 0) is 26.4 Å². The topological polar surface area (TPSA) is 49.0 Å². The van der Waals surface area contributed by atoms with E-state index >= 15 is 0 Å². The van der Waals surface area contributed by atoms with Gasteiger partial charge in [0, 0.05) is 0 Å². The van der Waals surface area contributed by atoms with Gasteiger partial charge >= 0.3 is 39.7 Å². The van der Waals surface area contributed by atoms with Crippen molar-refractivity contribution in [1.29, 1.82) is 0 Å². The Kier molecular flexibility index (Phi) is 24.2. The molecule has 1 aromatic carbocycles. The molecule has 2 rings (SSSR count). The molecule has 5 radical (unpaired) electrons. The zero-order chi connectivity index (χ0) is 15.6. The zero-order valence-electron chi connectivity index (χ0n) is 11.5. The van der Waals surface area contributed by atoms with Crippen molar-refractivity contribution < 1.29 is 31.1 Å². The van der Waals surface area contributed by atoms with Crippen molar-refractivity contribution in [2.45, 2.75) is 0 Å². The molecule has 3 nitrogen and oxygen atoms in total. The van der Waals surface area contributed by atoms with Crippen LogP contribution in [0.25, 0.3) is 0 Å². The average molecular weight is 322 g/mol. The predicted octanol–water partition coefficient (Wildman–Crippen LogP) is 2.82. The Morgan fingerprint density at radius 3 is 1.57 bits per heavy atom. The van der Waals surface area contributed by atoms with Crippen LogP contribution < -0.4 is 4.74 Å². The van der Waals surface area contributed by atoms with Gasteiger partial charge in [0.1, 0.15) is 5.75 Å². The number of rotatable bonds is 1. The Hall–Kier alpha value is -1.55. The summed E-state index contributed by atoms with van der Waals surface area (Å²) in [5, 5.41) is 0. The summed E-state index contributed by atoms with van der Waals surface area (Å²) in [5.41, 5.74) is 0.959. The molecule has 0 saturated heterocycles. The number of hydrogen-bond acceptors (Lipinski definition) is 1. The maximum atomic E-state index is 7.50. The summed E-state index contributed by atoms with van der Waals surface area (Å²) in [6.45, 7) is 12.4. The predicted molar refractivity (Wildman–Crippen MR) is 74.6 cm³/mol. The largest absolute Gasteiger partial charge is 2.00 e. The van der Waals surface area contributed by atoms with E-state index in [-0.39, 0.29) is 17.1 Å². The van der Waals surface area contributed by atoms with Gasteiger partial charge in [0.05, 0.1) is 7.11 Å². The molecule has 107 valence electrons.